The average Bonchev–Trinajstić information content (AvgIpc) is 3.86. The topological polar surface area (TPSA) is 227 Å². The molecule has 6 aromatic carbocycles. The Labute approximate surface area is 379 Å². The van der Waals surface area contributed by atoms with E-state index >= 15 is 0 Å². The van der Waals surface area contributed by atoms with Crippen LogP contribution in [0.15, 0.2) is 168 Å². The summed E-state index contributed by atoms with van der Waals surface area (Å²) < 4.78 is 11.7. The molecule has 0 aromatic heterocycles. The molecule has 0 aliphatic carbocycles. The lowest BCUT2D eigenvalue weighted by atomic mass is 10.0. The van der Waals surface area contributed by atoms with E-state index in [9.17, 15) is 48.6 Å². The van der Waals surface area contributed by atoms with E-state index < -0.39 is 47.5 Å². The lowest BCUT2D eigenvalue weighted by molar-refractivity contribution is -0.121. The number of anilines is 2. The molecule has 0 spiro atoms. The third-order valence-corrected chi connectivity index (χ3v) is 10.2. The number of hydrogen-bond donors (Lipinski definition) is 2. The van der Waals surface area contributed by atoms with Crippen molar-refractivity contribution in [1.29, 1.82) is 0 Å². The van der Waals surface area contributed by atoms with E-state index in [0.29, 0.717) is 28.9 Å². The standard InChI is InChI=1S/C51H32N4O12/c56-44-21-22-45(57)54(44)40-15-7-34(8-16-40)50(64)66-42-19-1-30(26-36(42)28-52-38-11-3-32(4-12-38)48(60)61)25-31-2-20-43(37(27-31)29-53-39-13-5-33(6-14-39)49(62)63)67-51(65)35-9-17-41(18-10-35)55-46(58)23-24-47(55)59/h1-24,26-29H,25H2,(H,60,61)(H,62,63). The number of ether oxygens (including phenoxy) is 2. The van der Waals surface area contributed by atoms with E-state index in [-0.39, 0.29) is 45.1 Å². The molecule has 2 heterocycles. The SMILES string of the molecule is O=C(O)c1ccc(N=Cc2cc(Cc3ccc(OC(=O)c4ccc(N5C(=O)C=CC5=O)cc4)c(C=Nc4ccc(C(=O)O)cc4)c3)ccc2OC(=O)c2ccc(N3C(=O)C=CC3=O)cc2)cc1. The van der Waals surface area contributed by atoms with Gasteiger partial charge in [0, 0.05) is 47.9 Å². The van der Waals surface area contributed by atoms with Gasteiger partial charge in [-0.15, -0.1) is 0 Å². The minimum atomic E-state index is -1.10. The second kappa shape index (κ2) is 19.0. The van der Waals surface area contributed by atoms with Gasteiger partial charge in [-0.3, -0.25) is 29.2 Å². The molecule has 0 atom stereocenters. The quantitative estimate of drug-likeness (QED) is 0.0470. The van der Waals surface area contributed by atoms with E-state index in [1.165, 1.54) is 109 Å². The summed E-state index contributed by atoms with van der Waals surface area (Å²) in [6.07, 6.45) is 7.82. The summed E-state index contributed by atoms with van der Waals surface area (Å²) in [6.45, 7) is 0. The molecule has 0 saturated heterocycles. The van der Waals surface area contributed by atoms with Crippen molar-refractivity contribution in [3.05, 3.63) is 202 Å². The number of aliphatic imine (C=N–C) groups is 2. The molecule has 2 N–H and O–H groups in total. The van der Waals surface area contributed by atoms with E-state index in [0.717, 1.165) is 45.2 Å². The van der Waals surface area contributed by atoms with Gasteiger partial charge >= 0.3 is 23.9 Å². The summed E-state index contributed by atoms with van der Waals surface area (Å²) in [4.78, 5) is 109. The van der Waals surface area contributed by atoms with Crippen molar-refractivity contribution < 1.29 is 58.0 Å². The van der Waals surface area contributed by atoms with Crippen LogP contribution in [0.5, 0.6) is 11.5 Å². The number of benzene rings is 6. The zero-order valence-electron chi connectivity index (χ0n) is 34.6. The number of carboxylic acid groups (broad SMARTS) is 2. The highest BCUT2D eigenvalue weighted by molar-refractivity contribution is 6.29. The highest BCUT2D eigenvalue weighted by Crippen LogP contribution is 2.28. The molecule has 0 unspecified atom stereocenters. The predicted octanol–water partition coefficient (Wildman–Crippen LogP) is 7.47. The first kappa shape index (κ1) is 43.9. The molecule has 0 bridgehead atoms. The van der Waals surface area contributed by atoms with E-state index in [2.05, 4.69) is 9.98 Å². The van der Waals surface area contributed by atoms with Gasteiger partial charge in [-0.05, 0) is 139 Å². The molecular formula is C51H32N4O12. The Kier molecular flexibility index (Phi) is 12.4. The van der Waals surface area contributed by atoms with Gasteiger partial charge in [0.2, 0.25) is 0 Å². The molecule has 8 rings (SSSR count). The number of imide groups is 2. The summed E-state index contributed by atoms with van der Waals surface area (Å²) in [5, 5.41) is 18.7. The van der Waals surface area contributed by atoms with Crippen LogP contribution < -0.4 is 19.3 Å². The summed E-state index contributed by atoms with van der Waals surface area (Å²) in [5.74, 6) is -5.46. The molecule has 0 saturated carbocycles. The van der Waals surface area contributed by atoms with E-state index in [1.807, 2.05) is 0 Å². The normalized spacial score (nSPS) is 13.3. The van der Waals surface area contributed by atoms with Gasteiger partial charge in [0.1, 0.15) is 11.5 Å². The van der Waals surface area contributed by atoms with Crippen molar-refractivity contribution in [2.45, 2.75) is 6.42 Å². The number of carbonyl (C=O) groups excluding carboxylic acids is 6. The Morgan fingerprint density at radius 1 is 0.448 bits per heavy atom. The monoisotopic (exact) mass is 892 g/mol. The van der Waals surface area contributed by atoms with Gasteiger partial charge in [0.15, 0.2) is 0 Å². The lowest BCUT2D eigenvalue weighted by Gasteiger charge is -2.14. The van der Waals surface area contributed by atoms with Crippen LogP contribution in [0.4, 0.5) is 22.7 Å². The first-order chi connectivity index (χ1) is 32.3. The molecule has 328 valence electrons. The summed E-state index contributed by atoms with van der Waals surface area (Å²) in [7, 11) is 0. The van der Waals surface area contributed by atoms with Gasteiger partial charge in [-0.2, -0.15) is 0 Å². The third kappa shape index (κ3) is 10.1. The van der Waals surface area contributed by atoms with Crippen LogP contribution in [0.2, 0.25) is 0 Å². The second-order valence-corrected chi connectivity index (χ2v) is 14.7. The fourth-order valence-corrected chi connectivity index (χ4v) is 6.83. The van der Waals surface area contributed by atoms with Crippen LogP contribution in [0, 0.1) is 0 Å². The Hall–Kier alpha value is -9.70. The molecule has 2 aliphatic heterocycles. The number of amides is 4. The highest BCUT2D eigenvalue weighted by atomic mass is 16.5. The zero-order chi connectivity index (χ0) is 47.2. The molecule has 2 aliphatic rings. The summed E-state index contributed by atoms with van der Waals surface area (Å²) >= 11 is 0. The Morgan fingerprint density at radius 3 is 1.10 bits per heavy atom. The van der Waals surface area contributed by atoms with Crippen molar-refractivity contribution in [3.63, 3.8) is 0 Å². The van der Waals surface area contributed by atoms with Crippen LogP contribution in [-0.4, -0.2) is 70.1 Å². The maximum absolute atomic E-state index is 13.4. The van der Waals surface area contributed by atoms with Gasteiger partial charge in [0.05, 0.1) is 45.0 Å². The predicted molar refractivity (Wildman–Crippen MR) is 243 cm³/mol. The van der Waals surface area contributed by atoms with Crippen molar-refractivity contribution in [1.82, 2.24) is 0 Å². The molecule has 0 fully saturated rings. The fraction of sp³-hybridized carbons (Fsp3) is 0.0196. The molecule has 67 heavy (non-hydrogen) atoms. The van der Waals surface area contributed by atoms with Gasteiger partial charge in [-0.1, -0.05) is 12.1 Å². The molecule has 0 radical (unpaired) electrons. The first-order valence-corrected chi connectivity index (χ1v) is 20.1. The number of aromatic carboxylic acids is 2. The number of carboxylic acids is 2. The Balaban J connectivity index is 1.07. The van der Waals surface area contributed by atoms with Crippen LogP contribution in [0.1, 0.15) is 63.7 Å². The van der Waals surface area contributed by atoms with Crippen molar-refractivity contribution >= 4 is 82.7 Å². The summed E-state index contributed by atoms with van der Waals surface area (Å²) in [6, 6.07) is 33.3. The minimum absolute atomic E-state index is 0.0691. The van der Waals surface area contributed by atoms with Gasteiger partial charge < -0.3 is 19.7 Å². The zero-order valence-corrected chi connectivity index (χ0v) is 34.6. The smallest absolute Gasteiger partial charge is 0.343 e. The number of hydrogen-bond acceptors (Lipinski definition) is 12. The van der Waals surface area contributed by atoms with Crippen LogP contribution in [0.3, 0.4) is 0 Å². The maximum atomic E-state index is 13.4. The van der Waals surface area contributed by atoms with Gasteiger partial charge in [-0.25, -0.2) is 29.0 Å². The number of rotatable bonds is 14. The first-order valence-electron chi connectivity index (χ1n) is 20.1. The third-order valence-electron chi connectivity index (χ3n) is 10.2. The molecular weight excluding hydrogens is 861 g/mol. The summed E-state index contributed by atoms with van der Waals surface area (Å²) in [5.41, 5.74) is 3.98. The Bertz CT molecular complexity index is 2900. The van der Waals surface area contributed by atoms with Crippen LogP contribution >= 0.6 is 0 Å². The number of carbonyl (C=O) groups is 8. The minimum Gasteiger partial charge on any atom is -0.478 e. The number of esters is 2. The van der Waals surface area contributed by atoms with Gasteiger partial charge in [0.25, 0.3) is 23.6 Å². The maximum Gasteiger partial charge on any atom is 0.343 e. The van der Waals surface area contributed by atoms with Crippen molar-refractivity contribution in [3.8, 4) is 11.5 Å². The van der Waals surface area contributed by atoms with Crippen molar-refractivity contribution in [2.75, 3.05) is 9.80 Å². The van der Waals surface area contributed by atoms with Crippen LogP contribution in [-0.2, 0) is 25.6 Å². The average molecular weight is 893 g/mol. The molecule has 16 nitrogen and oxygen atoms in total. The largest absolute Gasteiger partial charge is 0.478 e. The number of nitrogens with zero attached hydrogens (tertiary/aromatic N) is 4. The lowest BCUT2D eigenvalue weighted by Crippen LogP contribution is -2.29. The molecule has 4 amide bonds. The molecule has 16 heteroatoms. The molecule has 6 aromatic rings. The second-order valence-electron chi connectivity index (χ2n) is 14.7. The fourth-order valence-electron chi connectivity index (χ4n) is 6.83. The Morgan fingerprint density at radius 2 is 0.776 bits per heavy atom. The van der Waals surface area contributed by atoms with Crippen molar-refractivity contribution in [2.24, 2.45) is 9.98 Å². The highest BCUT2D eigenvalue weighted by Gasteiger charge is 2.27. The van der Waals surface area contributed by atoms with Crippen LogP contribution in [0.25, 0.3) is 0 Å². The van der Waals surface area contributed by atoms with E-state index in [4.69, 9.17) is 9.47 Å². The van der Waals surface area contributed by atoms with E-state index in [1.54, 1.807) is 36.4 Å².